The van der Waals surface area contributed by atoms with Crippen molar-refractivity contribution >= 4 is 23.9 Å². The van der Waals surface area contributed by atoms with E-state index in [2.05, 4.69) is 9.88 Å². The lowest BCUT2D eigenvalue weighted by Crippen LogP contribution is -2.46. The topological polar surface area (TPSA) is 80.6 Å². The van der Waals surface area contributed by atoms with E-state index < -0.39 is 0 Å². The monoisotopic (exact) mass is 451 g/mol. The van der Waals surface area contributed by atoms with Crippen LogP contribution in [0, 0.1) is 13.8 Å². The molecule has 0 aliphatic carbocycles. The van der Waals surface area contributed by atoms with E-state index in [4.69, 9.17) is 4.74 Å². The number of carbonyl (C=O) groups is 3. The SMILES string of the molecule is CCOC(=O)c1c(/C=C/C(=O)N2CCC(NC(=O)c3ccccc3)CC2)c(C)n(CC)c1C. The van der Waals surface area contributed by atoms with E-state index in [-0.39, 0.29) is 23.8 Å². The van der Waals surface area contributed by atoms with Gasteiger partial charge in [0.05, 0.1) is 12.2 Å². The largest absolute Gasteiger partial charge is 0.462 e. The van der Waals surface area contributed by atoms with E-state index in [1.165, 1.54) is 6.08 Å². The first-order valence-electron chi connectivity index (χ1n) is 11.6. The normalized spacial score (nSPS) is 14.5. The maximum Gasteiger partial charge on any atom is 0.340 e. The van der Waals surface area contributed by atoms with E-state index in [0.717, 1.165) is 23.5 Å². The molecule has 7 heteroatoms. The van der Waals surface area contributed by atoms with Gasteiger partial charge < -0.3 is 19.5 Å². The lowest BCUT2D eigenvalue weighted by Gasteiger charge is -2.31. The highest BCUT2D eigenvalue weighted by molar-refractivity contribution is 5.99. The molecule has 1 fully saturated rings. The van der Waals surface area contributed by atoms with Crippen molar-refractivity contribution < 1.29 is 19.1 Å². The maximum atomic E-state index is 12.8. The van der Waals surface area contributed by atoms with Gasteiger partial charge in [-0.2, -0.15) is 0 Å². The molecule has 0 unspecified atom stereocenters. The fourth-order valence-electron chi connectivity index (χ4n) is 4.41. The summed E-state index contributed by atoms with van der Waals surface area (Å²) in [6.07, 6.45) is 4.67. The van der Waals surface area contributed by atoms with Crippen molar-refractivity contribution in [1.82, 2.24) is 14.8 Å². The molecule has 0 atom stereocenters. The summed E-state index contributed by atoms with van der Waals surface area (Å²) >= 11 is 0. The Kier molecular flexibility index (Phi) is 8.09. The van der Waals surface area contributed by atoms with Gasteiger partial charge in [-0.25, -0.2) is 4.79 Å². The number of ether oxygens (including phenoxy) is 1. The van der Waals surface area contributed by atoms with Gasteiger partial charge in [0, 0.05) is 54.3 Å². The van der Waals surface area contributed by atoms with Crippen LogP contribution in [-0.2, 0) is 16.1 Å². The summed E-state index contributed by atoms with van der Waals surface area (Å²) in [7, 11) is 0. The number of amides is 2. The van der Waals surface area contributed by atoms with E-state index in [1.54, 1.807) is 30.0 Å². The molecular formula is C26H33N3O4. The van der Waals surface area contributed by atoms with Gasteiger partial charge in [-0.15, -0.1) is 0 Å². The number of piperidine rings is 1. The third-order valence-corrected chi connectivity index (χ3v) is 6.20. The van der Waals surface area contributed by atoms with Gasteiger partial charge in [-0.3, -0.25) is 9.59 Å². The Morgan fingerprint density at radius 3 is 2.33 bits per heavy atom. The highest BCUT2D eigenvalue weighted by Crippen LogP contribution is 2.25. The molecule has 2 aromatic rings. The van der Waals surface area contributed by atoms with Gasteiger partial charge in [0.25, 0.3) is 5.91 Å². The standard InChI is InChI=1S/C26H33N3O4/c1-5-29-18(3)22(24(19(29)4)26(32)33-6-2)12-13-23(30)28-16-14-21(15-17-28)27-25(31)20-10-8-7-9-11-20/h7-13,21H,5-6,14-17H2,1-4H3,(H,27,31)/b13-12+. The second kappa shape index (κ2) is 11.0. The number of benzene rings is 1. The number of hydrogen-bond acceptors (Lipinski definition) is 4. The van der Waals surface area contributed by atoms with Crippen LogP contribution in [0.5, 0.6) is 0 Å². The van der Waals surface area contributed by atoms with E-state index in [0.29, 0.717) is 43.7 Å². The van der Waals surface area contributed by atoms with Gasteiger partial charge >= 0.3 is 5.97 Å². The van der Waals surface area contributed by atoms with Crippen LogP contribution >= 0.6 is 0 Å². The molecule has 3 rings (SSSR count). The molecule has 0 spiro atoms. The van der Waals surface area contributed by atoms with Gasteiger partial charge in [0.15, 0.2) is 0 Å². The van der Waals surface area contributed by atoms with Gasteiger partial charge in [-0.1, -0.05) is 18.2 Å². The summed E-state index contributed by atoms with van der Waals surface area (Å²) in [6.45, 7) is 9.82. The van der Waals surface area contributed by atoms with Crippen LogP contribution in [0.25, 0.3) is 6.08 Å². The van der Waals surface area contributed by atoms with Crippen molar-refractivity contribution in [1.29, 1.82) is 0 Å². The summed E-state index contributed by atoms with van der Waals surface area (Å²) in [5.74, 6) is -0.552. The Balaban J connectivity index is 1.64. The van der Waals surface area contributed by atoms with Crippen molar-refractivity contribution in [2.75, 3.05) is 19.7 Å². The summed E-state index contributed by atoms with van der Waals surface area (Å²) in [4.78, 5) is 39.5. The van der Waals surface area contributed by atoms with Crippen LogP contribution in [0.4, 0.5) is 0 Å². The quantitative estimate of drug-likeness (QED) is 0.514. The van der Waals surface area contributed by atoms with Crippen molar-refractivity contribution in [2.24, 2.45) is 0 Å². The van der Waals surface area contributed by atoms with Crippen LogP contribution in [0.15, 0.2) is 36.4 Å². The molecule has 2 heterocycles. The highest BCUT2D eigenvalue weighted by Gasteiger charge is 2.25. The smallest absolute Gasteiger partial charge is 0.340 e. The molecule has 0 bridgehead atoms. The zero-order valence-corrected chi connectivity index (χ0v) is 19.9. The van der Waals surface area contributed by atoms with E-state index in [1.807, 2.05) is 39.0 Å². The fourth-order valence-corrected chi connectivity index (χ4v) is 4.41. The molecule has 1 aliphatic rings. The van der Waals surface area contributed by atoms with Gasteiger partial charge in [0.2, 0.25) is 5.91 Å². The molecule has 1 aromatic heterocycles. The molecular weight excluding hydrogens is 418 g/mol. The summed E-state index contributed by atoms with van der Waals surface area (Å²) in [5.41, 5.74) is 3.66. The molecule has 1 saturated heterocycles. The fraction of sp³-hybridized carbons (Fsp3) is 0.423. The first kappa shape index (κ1) is 24.3. The Hall–Kier alpha value is -3.35. The summed E-state index contributed by atoms with van der Waals surface area (Å²) < 4.78 is 7.30. The van der Waals surface area contributed by atoms with Crippen molar-refractivity contribution in [2.45, 2.75) is 53.1 Å². The van der Waals surface area contributed by atoms with Crippen LogP contribution in [0.3, 0.4) is 0 Å². The van der Waals surface area contributed by atoms with Crippen LogP contribution < -0.4 is 5.32 Å². The van der Waals surface area contributed by atoms with Crippen LogP contribution in [-0.4, -0.2) is 53.0 Å². The first-order valence-corrected chi connectivity index (χ1v) is 11.6. The number of nitrogens with one attached hydrogen (secondary N) is 1. The summed E-state index contributed by atoms with van der Waals surface area (Å²) in [5, 5.41) is 3.06. The Bertz CT molecular complexity index is 1030. The maximum absolute atomic E-state index is 12.8. The molecule has 2 amide bonds. The lowest BCUT2D eigenvalue weighted by molar-refractivity contribution is -0.127. The molecule has 1 aromatic carbocycles. The van der Waals surface area contributed by atoms with Crippen molar-refractivity contribution in [3.05, 3.63) is 64.5 Å². The molecule has 7 nitrogen and oxygen atoms in total. The van der Waals surface area contributed by atoms with E-state index >= 15 is 0 Å². The molecule has 33 heavy (non-hydrogen) atoms. The minimum atomic E-state index is -0.368. The molecule has 1 aliphatic heterocycles. The van der Waals surface area contributed by atoms with Gasteiger partial charge in [-0.05, 0) is 58.7 Å². The number of aromatic nitrogens is 1. The second-order valence-electron chi connectivity index (χ2n) is 8.20. The predicted octanol–water partition coefficient (Wildman–Crippen LogP) is 3.74. The number of nitrogens with zero attached hydrogens (tertiary/aromatic N) is 2. The zero-order chi connectivity index (χ0) is 24.0. The number of rotatable bonds is 7. The summed E-state index contributed by atoms with van der Waals surface area (Å²) in [6, 6.07) is 9.19. The first-order chi connectivity index (χ1) is 15.9. The van der Waals surface area contributed by atoms with Gasteiger partial charge in [0.1, 0.15) is 0 Å². The molecule has 0 radical (unpaired) electrons. The Morgan fingerprint density at radius 2 is 1.73 bits per heavy atom. The van der Waals surface area contributed by atoms with E-state index in [9.17, 15) is 14.4 Å². The second-order valence-corrected chi connectivity index (χ2v) is 8.20. The number of esters is 1. The number of carbonyl (C=O) groups excluding carboxylic acids is 3. The third kappa shape index (κ3) is 5.53. The third-order valence-electron chi connectivity index (χ3n) is 6.20. The van der Waals surface area contributed by atoms with Crippen molar-refractivity contribution in [3.63, 3.8) is 0 Å². The molecule has 0 saturated carbocycles. The minimum absolute atomic E-state index is 0.0460. The zero-order valence-electron chi connectivity index (χ0n) is 19.9. The highest BCUT2D eigenvalue weighted by atomic mass is 16.5. The van der Waals surface area contributed by atoms with Crippen LogP contribution in [0.1, 0.15) is 64.4 Å². The number of likely N-dealkylation sites (tertiary alicyclic amines) is 1. The minimum Gasteiger partial charge on any atom is -0.462 e. The molecule has 1 N–H and O–H groups in total. The van der Waals surface area contributed by atoms with Crippen molar-refractivity contribution in [3.8, 4) is 0 Å². The number of hydrogen-bond donors (Lipinski definition) is 1. The lowest BCUT2D eigenvalue weighted by atomic mass is 10.0. The predicted molar refractivity (Wildman–Crippen MR) is 128 cm³/mol. The average molecular weight is 452 g/mol. The molecule has 176 valence electrons. The Labute approximate surface area is 195 Å². The van der Waals surface area contributed by atoms with Crippen LogP contribution in [0.2, 0.25) is 0 Å². The average Bonchev–Trinajstić information content (AvgIpc) is 3.07. The Morgan fingerprint density at radius 1 is 1.06 bits per heavy atom.